The molecular weight excluding hydrogens is 282 g/mol. The van der Waals surface area contributed by atoms with Gasteiger partial charge >= 0.3 is 5.97 Å². The van der Waals surface area contributed by atoms with Crippen LogP contribution in [0.1, 0.15) is 17.5 Å². The summed E-state index contributed by atoms with van der Waals surface area (Å²) in [5, 5.41) is 17.1. The van der Waals surface area contributed by atoms with Gasteiger partial charge < -0.3 is 9.64 Å². The van der Waals surface area contributed by atoms with E-state index in [1.807, 2.05) is 12.1 Å². The molecular formula is C16H15N3O3. The molecule has 1 aromatic carbocycles. The van der Waals surface area contributed by atoms with Crippen LogP contribution in [0.15, 0.2) is 30.3 Å². The van der Waals surface area contributed by atoms with Gasteiger partial charge in [0.2, 0.25) is 0 Å². The topological polar surface area (TPSA) is 94.2 Å². The van der Waals surface area contributed by atoms with Gasteiger partial charge in [-0.1, -0.05) is 12.1 Å². The number of rotatable bonds is 6. The van der Waals surface area contributed by atoms with E-state index >= 15 is 0 Å². The number of ether oxygens (including phenoxy) is 1. The number of hydrogen-bond acceptors (Lipinski definition) is 5. The Morgan fingerprint density at radius 2 is 1.95 bits per heavy atom. The SMILES string of the molecule is CN(CCC#N)C(=O)COC(=O)/C=C/c1ccc(C#N)cc1. The molecule has 22 heavy (non-hydrogen) atoms. The number of carbonyl (C=O) groups excluding carboxylic acids is 2. The summed E-state index contributed by atoms with van der Waals surface area (Å²) in [6.07, 6.45) is 2.98. The van der Waals surface area contributed by atoms with Crippen LogP contribution in [0.3, 0.4) is 0 Å². The third-order valence-electron chi connectivity index (χ3n) is 2.77. The van der Waals surface area contributed by atoms with Crippen molar-refractivity contribution in [2.75, 3.05) is 20.2 Å². The molecule has 0 heterocycles. The number of nitriles is 2. The first-order valence-corrected chi connectivity index (χ1v) is 6.52. The highest BCUT2D eigenvalue weighted by atomic mass is 16.5. The zero-order valence-electron chi connectivity index (χ0n) is 12.2. The molecule has 112 valence electrons. The van der Waals surface area contributed by atoms with Crippen molar-refractivity contribution in [3.05, 3.63) is 41.5 Å². The van der Waals surface area contributed by atoms with E-state index in [0.29, 0.717) is 12.1 Å². The molecule has 0 N–H and O–H groups in total. The van der Waals surface area contributed by atoms with E-state index in [4.69, 9.17) is 15.3 Å². The van der Waals surface area contributed by atoms with Crippen molar-refractivity contribution in [3.8, 4) is 12.1 Å². The predicted molar refractivity (Wildman–Crippen MR) is 79.0 cm³/mol. The first-order chi connectivity index (χ1) is 10.6. The average molecular weight is 297 g/mol. The molecule has 0 aliphatic rings. The Morgan fingerprint density at radius 1 is 1.27 bits per heavy atom. The van der Waals surface area contributed by atoms with Gasteiger partial charge in [-0.2, -0.15) is 10.5 Å². The minimum atomic E-state index is -0.633. The normalized spacial score (nSPS) is 9.77. The maximum Gasteiger partial charge on any atom is 0.331 e. The highest BCUT2D eigenvalue weighted by molar-refractivity contribution is 5.89. The summed E-state index contributed by atoms with van der Waals surface area (Å²) in [5.41, 5.74) is 1.28. The highest BCUT2D eigenvalue weighted by Crippen LogP contribution is 2.05. The zero-order chi connectivity index (χ0) is 16.4. The van der Waals surface area contributed by atoms with Crippen LogP contribution < -0.4 is 0 Å². The Kier molecular flexibility index (Phi) is 6.88. The summed E-state index contributed by atoms with van der Waals surface area (Å²) in [6.45, 7) is -0.0631. The number of likely N-dealkylation sites (N-methyl/N-ethyl adjacent to an activating group) is 1. The highest BCUT2D eigenvalue weighted by Gasteiger charge is 2.10. The Labute approximate surface area is 128 Å². The maximum atomic E-state index is 11.6. The number of amides is 1. The second-order valence-electron chi connectivity index (χ2n) is 4.40. The van der Waals surface area contributed by atoms with E-state index in [1.165, 1.54) is 17.1 Å². The van der Waals surface area contributed by atoms with Crippen molar-refractivity contribution in [2.24, 2.45) is 0 Å². The quantitative estimate of drug-likeness (QED) is 0.585. The molecule has 0 aromatic heterocycles. The van der Waals surface area contributed by atoms with Crippen molar-refractivity contribution in [1.82, 2.24) is 4.90 Å². The Bertz CT molecular complexity index is 636. The number of nitrogens with zero attached hydrogens (tertiary/aromatic N) is 3. The molecule has 6 heteroatoms. The lowest BCUT2D eigenvalue weighted by Crippen LogP contribution is -2.31. The van der Waals surface area contributed by atoms with Gasteiger partial charge in [0.25, 0.3) is 5.91 Å². The van der Waals surface area contributed by atoms with Crippen LogP contribution in [0.25, 0.3) is 6.08 Å². The lowest BCUT2D eigenvalue weighted by molar-refractivity contribution is -0.147. The standard InChI is InChI=1S/C16H15N3O3/c1-19(10-2-9-17)15(20)12-22-16(21)8-7-13-3-5-14(11-18)6-4-13/h3-8H,2,10,12H2,1H3/b8-7+. The predicted octanol–water partition coefficient (Wildman–Crippen LogP) is 1.49. The fraction of sp³-hybridized carbons (Fsp3) is 0.250. The van der Waals surface area contributed by atoms with Crippen molar-refractivity contribution in [2.45, 2.75) is 6.42 Å². The largest absolute Gasteiger partial charge is 0.452 e. The van der Waals surface area contributed by atoms with E-state index in [0.717, 1.165) is 5.56 Å². The molecule has 0 bridgehead atoms. The van der Waals surface area contributed by atoms with Crippen LogP contribution >= 0.6 is 0 Å². The van der Waals surface area contributed by atoms with Crippen LogP contribution in [0.2, 0.25) is 0 Å². The molecule has 1 aromatic rings. The first-order valence-electron chi connectivity index (χ1n) is 6.52. The number of esters is 1. The third kappa shape index (κ3) is 5.89. The smallest absolute Gasteiger partial charge is 0.331 e. The summed E-state index contributed by atoms with van der Waals surface area (Å²) in [4.78, 5) is 24.4. The molecule has 0 unspecified atom stereocenters. The molecule has 0 spiro atoms. The van der Waals surface area contributed by atoms with Crippen molar-refractivity contribution < 1.29 is 14.3 Å². The Morgan fingerprint density at radius 3 is 2.55 bits per heavy atom. The van der Waals surface area contributed by atoms with Gasteiger partial charge in [0.1, 0.15) is 0 Å². The van der Waals surface area contributed by atoms with Gasteiger partial charge in [-0.15, -0.1) is 0 Å². The summed E-state index contributed by atoms with van der Waals surface area (Å²) in [5.74, 6) is -0.998. The second-order valence-corrected chi connectivity index (χ2v) is 4.40. The summed E-state index contributed by atoms with van der Waals surface area (Å²) in [7, 11) is 1.54. The van der Waals surface area contributed by atoms with E-state index in [1.54, 1.807) is 31.3 Å². The van der Waals surface area contributed by atoms with Crippen LogP contribution in [-0.2, 0) is 14.3 Å². The fourth-order valence-electron chi connectivity index (χ4n) is 1.47. The monoisotopic (exact) mass is 297 g/mol. The molecule has 1 rings (SSSR count). The van der Waals surface area contributed by atoms with E-state index in [-0.39, 0.29) is 18.9 Å². The first kappa shape index (κ1) is 16.9. The number of hydrogen-bond donors (Lipinski definition) is 0. The Hall–Kier alpha value is -3.12. The summed E-state index contributed by atoms with van der Waals surface area (Å²) >= 11 is 0. The van der Waals surface area contributed by atoms with Gasteiger partial charge in [0.15, 0.2) is 6.61 Å². The van der Waals surface area contributed by atoms with E-state index in [2.05, 4.69) is 0 Å². The van der Waals surface area contributed by atoms with Crippen molar-refractivity contribution >= 4 is 18.0 Å². The number of benzene rings is 1. The van der Waals surface area contributed by atoms with Gasteiger partial charge in [0, 0.05) is 19.7 Å². The molecule has 0 fully saturated rings. The molecule has 0 aliphatic heterocycles. The maximum absolute atomic E-state index is 11.6. The van der Waals surface area contributed by atoms with Gasteiger partial charge in [-0.3, -0.25) is 4.79 Å². The molecule has 0 saturated carbocycles. The van der Waals surface area contributed by atoms with Gasteiger partial charge in [0.05, 0.1) is 24.1 Å². The van der Waals surface area contributed by atoms with E-state index < -0.39 is 5.97 Å². The zero-order valence-corrected chi connectivity index (χ0v) is 12.2. The van der Waals surface area contributed by atoms with Gasteiger partial charge in [-0.25, -0.2) is 4.79 Å². The molecule has 0 atom stereocenters. The molecule has 1 amide bonds. The lowest BCUT2D eigenvalue weighted by atomic mass is 10.1. The van der Waals surface area contributed by atoms with Crippen LogP contribution in [0.4, 0.5) is 0 Å². The van der Waals surface area contributed by atoms with Crippen LogP contribution in [0.5, 0.6) is 0 Å². The lowest BCUT2D eigenvalue weighted by Gasteiger charge is -2.14. The van der Waals surface area contributed by atoms with Crippen molar-refractivity contribution in [1.29, 1.82) is 10.5 Å². The third-order valence-corrected chi connectivity index (χ3v) is 2.77. The Balaban J connectivity index is 2.42. The molecule has 0 radical (unpaired) electrons. The van der Waals surface area contributed by atoms with Crippen LogP contribution in [-0.4, -0.2) is 37.0 Å². The van der Waals surface area contributed by atoms with Crippen molar-refractivity contribution in [3.63, 3.8) is 0 Å². The fourth-order valence-corrected chi connectivity index (χ4v) is 1.47. The summed E-state index contributed by atoms with van der Waals surface area (Å²) in [6, 6.07) is 10.6. The minimum absolute atomic E-state index is 0.231. The van der Waals surface area contributed by atoms with Gasteiger partial charge in [-0.05, 0) is 23.8 Å². The second kappa shape index (κ2) is 8.93. The average Bonchev–Trinajstić information content (AvgIpc) is 2.55. The van der Waals surface area contributed by atoms with E-state index in [9.17, 15) is 9.59 Å². The minimum Gasteiger partial charge on any atom is -0.452 e. The number of carbonyl (C=O) groups is 2. The van der Waals surface area contributed by atoms with Crippen LogP contribution in [0, 0.1) is 22.7 Å². The molecule has 0 aliphatic carbocycles. The molecule has 6 nitrogen and oxygen atoms in total. The molecule has 0 saturated heterocycles. The summed E-state index contributed by atoms with van der Waals surface area (Å²) < 4.78 is 4.82.